The molecule has 0 saturated carbocycles. The third-order valence-corrected chi connectivity index (χ3v) is 6.02. The lowest BCUT2D eigenvalue weighted by Gasteiger charge is -2.13. The second-order valence-electron chi connectivity index (χ2n) is 8.28. The zero-order valence-electron chi connectivity index (χ0n) is 17.9. The Hall–Kier alpha value is -2.58. The highest BCUT2D eigenvalue weighted by atomic mass is 16.5. The molecule has 3 aromatic carbocycles. The van der Waals surface area contributed by atoms with Crippen LogP contribution in [0.15, 0.2) is 78.9 Å². The number of ether oxygens (including phenoxy) is 1. The van der Waals surface area contributed by atoms with Crippen LogP contribution in [0.25, 0.3) is 22.3 Å². The van der Waals surface area contributed by atoms with E-state index in [-0.39, 0.29) is 0 Å². The van der Waals surface area contributed by atoms with E-state index in [9.17, 15) is 0 Å². The molecule has 1 heterocycles. The third kappa shape index (κ3) is 5.96. The van der Waals surface area contributed by atoms with Gasteiger partial charge in [-0.25, -0.2) is 0 Å². The maximum atomic E-state index is 5.94. The van der Waals surface area contributed by atoms with Crippen molar-refractivity contribution in [2.24, 2.45) is 0 Å². The van der Waals surface area contributed by atoms with Crippen LogP contribution in [0.2, 0.25) is 0 Å². The molecule has 0 N–H and O–H groups in total. The Bertz CT molecular complexity index is 865. The summed E-state index contributed by atoms with van der Waals surface area (Å²) in [7, 11) is 0. The van der Waals surface area contributed by atoms with E-state index in [1.54, 1.807) is 0 Å². The molecule has 0 bridgehead atoms. The normalized spacial score (nSPS) is 14.1. The Balaban J connectivity index is 1.18. The SMILES string of the molecule is c1ccc(-c2ccc(-c3ccc(OCCCCCCN4CCCC4)cc3)cc2)cc1. The summed E-state index contributed by atoms with van der Waals surface area (Å²) in [4.78, 5) is 2.60. The highest BCUT2D eigenvalue weighted by molar-refractivity contribution is 5.70. The van der Waals surface area contributed by atoms with Crippen molar-refractivity contribution in [3.8, 4) is 28.0 Å². The Morgan fingerprint density at radius 2 is 1.10 bits per heavy atom. The Morgan fingerprint density at radius 3 is 1.73 bits per heavy atom. The van der Waals surface area contributed by atoms with Gasteiger partial charge in [0.05, 0.1) is 6.61 Å². The van der Waals surface area contributed by atoms with Crippen molar-refractivity contribution in [3.05, 3.63) is 78.9 Å². The van der Waals surface area contributed by atoms with E-state index in [1.165, 1.54) is 74.0 Å². The summed E-state index contributed by atoms with van der Waals surface area (Å²) in [5.74, 6) is 0.969. The van der Waals surface area contributed by atoms with Crippen LogP contribution < -0.4 is 4.74 Å². The predicted octanol–water partition coefficient (Wildman–Crippen LogP) is 7.06. The van der Waals surface area contributed by atoms with Gasteiger partial charge in [0.2, 0.25) is 0 Å². The minimum Gasteiger partial charge on any atom is -0.494 e. The van der Waals surface area contributed by atoms with E-state index in [0.717, 1.165) is 18.8 Å². The van der Waals surface area contributed by atoms with Crippen molar-refractivity contribution in [2.45, 2.75) is 38.5 Å². The largest absolute Gasteiger partial charge is 0.494 e. The van der Waals surface area contributed by atoms with E-state index in [0.29, 0.717) is 0 Å². The second kappa shape index (κ2) is 11.0. The van der Waals surface area contributed by atoms with Crippen molar-refractivity contribution >= 4 is 0 Å². The molecule has 30 heavy (non-hydrogen) atoms. The highest BCUT2D eigenvalue weighted by Gasteiger charge is 2.09. The summed E-state index contributed by atoms with van der Waals surface area (Å²) in [5.41, 5.74) is 4.96. The van der Waals surface area contributed by atoms with Crippen molar-refractivity contribution in [1.82, 2.24) is 4.90 Å². The van der Waals surface area contributed by atoms with Gasteiger partial charge in [-0.2, -0.15) is 0 Å². The van der Waals surface area contributed by atoms with E-state index in [4.69, 9.17) is 4.74 Å². The Morgan fingerprint density at radius 1 is 0.567 bits per heavy atom. The maximum Gasteiger partial charge on any atom is 0.119 e. The van der Waals surface area contributed by atoms with Crippen LogP contribution in [0.4, 0.5) is 0 Å². The topological polar surface area (TPSA) is 12.5 Å². The fourth-order valence-electron chi connectivity index (χ4n) is 4.22. The Labute approximate surface area is 181 Å². The number of benzene rings is 3. The molecule has 0 amide bonds. The summed E-state index contributed by atoms with van der Waals surface area (Å²) >= 11 is 0. The molecule has 1 aliphatic heterocycles. The lowest BCUT2D eigenvalue weighted by molar-refractivity contribution is 0.297. The van der Waals surface area contributed by atoms with Crippen LogP contribution in [-0.4, -0.2) is 31.1 Å². The average molecular weight is 400 g/mol. The van der Waals surface area contributed by atoms with Gasteiger partial charge in [0.25, 0.3) is 0 Å². The van der Waals surface area contributed by atoms with Gasteiger partial charge in [0.15, 0.2) is 0 Å². The summed E-state index contributed by atoms with van der Waals surface area (Å²) in [6.07, 6.45) is 7.84. The first-order valence-corrected chi connectivity index (χ1v) is 11.5. The molecule has 4 rings (SSSR count). The third-order valence-electron chi connectivity index (χ3n) is 6.02. The zero-order valence-corrected chi connectivity index (χ0v) is 17.9. The fraction of sp³-hybridized carbons (Fsp3) is 0.357. The van der Waals surface area contributed by atoms with Gasteiger partial charge < -0.3 is 9.64 Å². The van der Waals surface area contributed by atoms with Gasteiger partial charge in [0.1, 0.15) is 5.75 Å². The van der Waals surface area contributed by atoms with Crippen molar-refractivity contribution in [2.75, 3.05) is 26.2 Å². The molecule has 0 spiro atoms. The fourth-order valence-corrected chi connectivity index (χ4v) is 4.22. The van der Waals surface area contributed by atoms with Gasteiger partial charge in [-0.15, -0.1) is 0 Å². The Kier molecular flexibility index (Phi) is 7.57. The lowest BCUT2D eigenvalue weighted by atomic mass is 10.0. The molecule has 2 nitrogen and oxygen atoms in total. The quantitative estimate of drug-likeness (QED) is 0.338. The van der Waals surface area contributed by atoms with E-state index < -0.39 is 0 Å². The molecule has 3 aromatic rings. The monoisotopic (exact) mass is 399 g/mol. The van der Waals surface area contributed by atoms with Crippen molar-refractivity contribution in [3.63, 3.8) is 0 Å². The molecule has 1 aliphatic rings. The molecular weight excluding hydrogens is 366 g/mol. The van der Waals surface area contributed by atoms with E-state index in [1.807, 2.05) is 0 Å². The van der Waals surface area contributed by atoms with Gasteiger partial charge >= 0.3 is 0 Å². The highest BCUT2D eigenvalue weighted by Crippen LogP contribution is 2.26. The predicted molar refractivity (Wildman–Crippen MR) is 127 cm³/mol. The van der Waals surface area contributed by atoms with Crippen LogP contribution in [0.5, 0.6) is 5.75 Å². The second-order valence-corrected chi connectivity index (χ2v) is 8.28. The first-order valence-electron chi connectivity index (χ1n) is 11.5. The molecule has 1 saturated heterocycles. The minimum absolute atomic E-state index is 0.814. The number of likely N-dealkylation sites (tertiary alicyclic amines) is 1. The number of unbranched alkanes of at least 4 members (excludes halogenated alkanes) is 3. The van der Waals surface area contributed by atoms with Crippen molar-refractivity contribution in [1.29, 1.82) is 0 Å². The lowest BCUT2D eigenvalue weighted by Crippen LogP contribution is -2.20. The minimum atomic E-state index is 0.814. The van der Waals surface area contributed by atoms with Gasteiger partial charge in [0, 0.05) is 0 Å². The summed E-state index contributed by atoms with van der Waals surface area (Å²) in [5, 5.41) is 0. The molecule has 1 fully saturated rings. The van der Waals surface area contributed by atoms with E-state index in [2.05, 4.69) is 83.8 Å². The van der Waals surface area contributed by atoms with Gasteiger partial charge in [-0.3, -0.25) is 0 Å². The first-order chi connectivity index (χ1) is 14.9. The first kappa shape index (κ1) is 20.7. The van der Waals surface area contributed by atoms with Crippen LogP contribution >= 0.6 is 0 Å². The number of nitrogens with zero attached hydrogens (tertiary/aromatic N) is 1. The summed E-state index contributed by atoms with van der Waals surface area (Å²) < 4.78 is 5.94. The van der Waals surface area contributed by atoms with Crippen molar-refractivity contribution < 1.29 is 4.74 Å². The van der Waals surface area contributed by atoms with E-state index >= 15 is 0 Å². The summed E-state index contributed by atoms with van der Waals surface area (Å²) in [6.45, 7) is 4.73. The average Bonchev–Trinajstić information content (AvgIpc) is 3.33. The molecule has 0 unspecified atom stereocenters. The maximum absolute atomic E-state index is 5.94. The van der Waals surface area contributed by atoms with Crippen LogP contribution in [0.3, 0.4) is 0 Å². The molecule has 156 valence electrons. The number of hydrogen-bond donors (Lipinski definition) is 0. The molecular formula is C28H33NO. The number of rotatable bonds is 10. The molecule has 2 heteroatoms. The van der Waals surface area contributed by atoms with Crippen LogP contribution in [-0.2, 0) is 0 Å². The molecule has 0 atom stereocenters. The molecule has 0 radical (unpaired) electrons. The van der Waals surface area contributed by atoms with Gasteiger partial charge in [-0.1, -0.05) is 79.6 Å². The smallest absolute Gasteiger partial charge is 0.119 e. The summed E-state index contributed by atoms with van der Waals surface area (Å²) in [6, 6.07) is 27.8. The van der Waals surface area contributed by atoms with Gasteiger partial charge in [-0.05, 0) is 79.7 Å². The number of hydrogen-bond acceptors (Lipinski definition) is 2. The van der Waals surface area contributed by atoms with Crippen LogP contribution in [0, 0.1) is 0 Å². The molecule has 0 aromatic heterocycles. The molecule has 0 aliphatic carbocycles. The zero-order chi connectivity index (χ0) is 20.4. The van der Waals surface area contributed by atoms with Crippen LogP contribution in [0.1, 0.15) is 38.5 Å². The standard InChI is InChI=1S/C28H33NO/c1(6-20-29-21-7-8-22-29)2-9-23-30-28-18-16-27(17-19-28)26-14-12-25(13-15-26)24-10-4-3-5-11-24/h3-5,10-19H,1-2,6-9,20-23H2.